The Balaban J connectivity index is 1.94. The zero-order valence-corrected chi connectivity index (χ0v) is 11.2. The first-order chi connectivity index (χ1) is 9.22. The molecule has 1 saturated carbocycles. The lowest BCUT2D eigenvalue weighted by atomic mass is 9.62. The van der Waals surface area contributed by atoms with Gasteiger partial charge in [0.15, 0.2) is 11.5 Å². The summed E-state index contributed by atoms with van der Waals surface area (Å²) < 4.78 is 6.13. The lowest BCUT2D eigenvalue weighted by Crippen LogP contribution is -2.47. The summed E-state index contributed by atoms with van der Waals surface area (Å²) in [5.74, 6) is 1.02. The minimum Gasteiger partial charge on any atom is -0.504 e. The van der Waals surface area contributed by atoms with Crippen molar-refractivity contribution in [3.63, 3.8) is 0 Å². The molecule has 1 fully saturated rings. The number of aromatic hydroxyl groups is 1. The molecular formula is C16H19NO2. The molecule has 2 atom stereocenters. The highest BCUT2D eigenvalue weighted by atomic mass is 16.5. The van der Waals surface area contributed by atoms with Crippen molar-refractivity contribution in [2.75, 3.05) is 13.6 Å². The van der Waals surface area contributed by atoms with E-state index < -0.39 is 0 Å². The van der Waals surface area contributed by atoms with E-state index in [9.17, 15) is 5.11 Å². The van der Waals surface area contributed by atoms with Crippen molar-refractivity contribution in [1.82, 2.24) is 4.90 Å². The van der Waals surface area contributed by atoms with Gasteiger partial charge in [0.25, 0.3) is 0 Å². The maximum atomic E-state index is 10.1. The third kappa shape index (κ3) is 1.33. The number of benzene rings is 1. The number of phenols is 1. The highest BCUT2D eigenvalue weighted by Gasteiger charge is 2.54. The summed E-state index contributed by atoms with van der Waals surface area (Å²) >= 11 is 0. The van der Waals surface area contributed by atoms with Gasteiger partial charge in [-0.25, -0.2) is 0 Å². The predicted octanol–water partition coefficient (Wildman–Crippen LogP) is 2.79. The van der Waals surface area contributed by atoms with Gasteiger partial charge < -0.3 is 14.7 Å². The average Bonchev–Trinajstić information content (AvgIpc) is 2.74. The summed E-state index contributed by atoms with van der Waals surface area (Å²) in [7, 11) is 2.14. The van der Waals surface area contributed by atoms with E-state index in [0.29, 0.717) is 5.75 Å². The first-order valence-corrected chi connectivity index (χ1v) is 7.12. The van der Waals surface area contributed by atoms with Crippen molar-refractivity contribution >= 4 is 0 Å². The fraction of sp³-hybridized carbons (Fsp3) is 0.500. The Morgan fingerprint density at radius 3 is 3.21 bits per heavy atom. The van der Waals surface area contributed by atoms with Crippen LogP contribution in [0.15, 0.2) is 30.0 Å². The van der Waals surface area contributed by atoms with Gasteiger partial charge in [-0.2, -0.15) is 0 Å². The predicted molar refractivity (Wildman–Crippen MR) is 73.4 cm³/mol. The van der Waals surface area contributed by atoms with Gasteiger partial charge in [0.1, 0.15) is 6.10 Å². The number of hydrogen-bond acceptors (Lipinski definition) is 3. The second-order valence-electron chi connectivity index (χ2n) is 6.01. The zero-order chi connectivity index (χ0) is 13.0. The Bertz CT molecular complexity index is 566. The maximum absolute atomic E-state index is 10.1. The molecule has 1 aromatic carbocycles. The number of hydrogen-bond donors (Lipinski definition) is 1. The van der Waals surface area contributed by atoms with Gasteiger partial charge in [-0.3, -0.25) is 0 Å². The Morgan fingerprint density at radius 1 is 1.42 bits per heavy atom. The number of rotatable bonds is 0. The summed E-state index contributed by atoms with van der Waals surface area (Å²) in [6.07, 6.45) is 7.04. The van der Waals surface area contributed by atoms with Gasteiger partial charge in [0.05, 0.1) is 5.41 Å². The van der Waals surface area contributed by atoms with Crippen LogP contribution in [0.25, 0.3) is 0 Å². The molecule has 19 heavy (non-hydrogen) atoms. The van der Waals surface area contributed by atoms with E-state index in [0.717, 1.165) is 31.6 Å². The quantitative estimate of drug-likeness (QED) is 0.775. The SMILES string of the molecule is CN1C=C2CCC[C@H]3Oc4c(O)cccc4C23CC1. The molecule has 1 spiro atoms. The van der Waals surface area contributed by atoms with Crippen molar-refractivity contribution in [2.24, 2.45) is 0 Å². The molecule has 1 N–H and O–H groups in total. The van der Waals surface area contributed by atoms with Crippen molar-refractivity contribution in [1.29, 1.82) is 0 Å². The number of phenolic OH excluding ortho intramolecular Hbond substituents is 1. The topological polar surface area (TPSA) is 32.7 Å². The van der Waals surface area contributed by atoms with Crippen LogP contribution < -0.4 is 4.74 Å². The normalized spacial score (nSPS) is 31.9. The maximum Gasteiger partial charge on any atom is 0.165 e. The van der Waals surface area contributed by atoms with Crippen LogP contribution in [0.4, 0.5) is 0 Å². The molecule has 3 aliphatic rings. The van der Waals surface area contributed by atoms with Crippen LogP contribution in [0.2, 0.25) is 0 Å². The second-order valence-corrected chi connectivity index (χ2v) is 6.01. The number of ether oxygens (including phenoxy) is 1. The molecule has 0 aromatic heterocycles. The standard InChI is InChI=1S/C16H19NO2/c1-17-9-8-16-11(10-17)4-2-7-14(16)19-15-12(16)5-3-6-13(15)18/h3,5-6,10,14,18H,2,4,7-9H2,1H3/t14-,16?/m1/s1. The number of para-hydroxylation sites is 1. The van der Waals surface area contributed by atoms with Gasteiger partial charge in [-0.1, -0.05) is 12.1 Å². The molecular weight excluding hydrogens is 238 g/mol. The van der Waals surface area contributed by atoms with Crippen LogP contribution >= 0.6 is 0 Å². The molecule has 0 amide bonds. The zero-order valence-electron chi connectivity index (χ0n) is 11.2. The van der Waals surface area contributed by atoms with E-state index in [2.05, 4.69) is 24.2 Å². The fourth-order valence-corrected chi connectivity index (χ4v) is 4.12. The molecule has 100 valence electrons. The Kier molecular flexibility index (Phi) is 2.17. The largest absolute Gasteiger partial charge is 0.504 e. The third-order valence-electron chi connectivity index (χ3n) is 5.01. The van der Waals surface area contributed by atoms with E-state index in [-0.39, 0.29) is 11.5 Å². The summed E-state index contributed by atoms with van der Waals surface area (Å²) in [5.41, 5.74) is 2.72. The fourth-order valence-electron chi connectivity index (χ4n) is 4.12. The van der Waals surface area contributed by atoms with Gasteiger partial charge >= 0.3 is 0 Å². The third-order valence-corrected chi connectivity index (χ3v) is 5.01. The van der Waals surface area contributed by atoms with Gasteiger partial charge in [-0.15, -0.1) is 0 Å². The molecule has 2 aliphatic heterocycles. The van der Waals surface area contributed by atoms with Crippen molar-refractivity contribution in [3.05, 3.63) is 35.5 Å². The van der Waals surface area contributed by atoms with Crippen molar-refractivity contribution in [3.8, 4) is 11.5 Å². The molecule has 0 saturated heterocycles. The molecule has 2 heterocycles. The number of fused-ring (bicyclic) bond motifs is 1. The monoisotopic (exact) mass is 257 g/mol. The van der Waals surface area contributed by atoms with Gasteiger partial charge in [0.2, 0.25) is 0 Å². The van der Waals surface area contributed by atoms with E-state index in [4.69, 9.17) is 4.74 Å². The lowest BCUT2D eigenvalue weighted by Gasteiger charge is -2.45. The summed E-state index contributed by atoms with van der Waals surface area (Å²) in [4.78, 5) is 2.28. The molecule has 3 nitrogen and oxygen atoms in total. The van der Waals surface area contributed by atoms with Crippen LogP contribution in [0.3, 0.4) is 0 Å². The van der Waals surface area contributed by atoms with Crippen molar-refractivity contribution in [2.45, 2.75) is 37.2 Å². The van der Waals surface area contributed by atoms with E-state index in [1.165, 1.54) is 17.6 Å². The lowest BCUT2D eigenvalue weighted by molar-refractivity contribution is 0.111. The number of nitrogens with zero attached hydrogens (tertiary/aromatic N) is 1. The van der Waals surface area contributed by atoms with E-state index in [1.807, 2.05) is 6.07 Å². The Labute approximate surface area is 113 Å². The Hall–Kier alpha value is -1.64. The highest BCUT2D eigenvalue weighted by molar-refractivity contribution is 5.58. The Morgan fingerprint density at radius 2 is 2.32 bits per heavy atom. The van der Waals surface area contributed by atoms with Crippen LogP contribution in [0, 0.1) is 0 Å². The smallest absolute Gasteiger partial charge is 0.165 e. The first-order valence-electron chi connectivity index (χ1n) is 7.12. The van der Waals surface area contributed by atoms with Crippen LogP contribution in [0.1, 0.15) is 31.2 Å². The molecule has 1 aromatic rings. The van der Waals surface area contributed by atoms with Gasteiger partial charge in [0, 0.05) is 19.2 Å². The highest BCUT2D eigenvalue weighted by Crippen LogP contribution is 2.58. The summed E-state index contributed by atoms with van der Waals surface area (Å²) in [5, 5.41) is 10.1. The van der Waals surface area contributed by atoms with Crippen LogP contribution in [-0.4, -0.2) is 29.7 Å². The second kappa shape index (κ2) is 3.69. The van der Waals surface area contributed by atoms with Gasteiger partial charge in [-0.05, 0) is 43.5 Å². The molecule has 0 radical (unpaired) electrons. The average molecular weight is 257 g/mol. The molecule has 1 unspecified atom stereocenters. The summed E-state index contributed by atoms with van der Waals surface area (Å²) in [6.45, 7) is 1.05. The molecule has 3 heteroatoms. The minimum atomic E-state index is 0.0266. The van der Waals surface area contributed by atoms with Crippen LogP contribution in [0.5, 0.6) is 11.5 Å². The van der Waals surface area contributed by atoms with Crippen LogP contribution in [-0.2, 0) is 5.41 Å². The van der Waals surface area contributed by atoms with E-state index in [1.54, 1.807) is 6.07 Å². The molecule has 4 rings (SSSR count). The molecule has 1 aliphatic carbocycles. The first kappa shape index (κ1) is 11.2. The van der Waals surface area contributed by atoms with E-state index >= 15 is 0 Å². The summed E-state index contributed by atoms with van der Waals surface area (Å²) in [6, 6.07) is 5.81. The molecule has 0 bridgehead atoms. The van der Waals surface area contributed by atoms with Crippen molar-refractivity contribution < 1.29 is 9.84 Å². The minimum absolute atomic E-state index is 0.0266.